The van der Waals surface area contributed by atoms with E-state index in [2.05, 4.69) is 10.1 Å². The molecular weight excluding hydrogens is 434 g/mol. The monoisotopic (exact) mass is 461 g/mol. The third kappa shape index (κ3) is 4.05. The van der Waals surface area contributed by atoms with Gasteiger partial charge in [0, 0.05) is 17.5 Å². The predicted octanol–water partition coefficient (Wildman–Crippen LogP) is 4.41. The molecule has 0 unspecified atom stereocenters. The van der Waals surface area contributed by atoms with Crippen LogP contribution in [-0.4, -0.2) is 35.8 Å². The topological polar surface area (TPSA) is 105 Å². The van der Waals surface area contributed by atoms with Crippen LogP contribution in [0.5, 0.6) is 17.2 Å². The van der Waals surface area contributed by atoms with Crippen LogP contribution in [0.3, 0.4) is 0 Å². The van der Waals surface area contributed by atoms with Crippen LogP contribution < -0.4 is 10.1 Å². The first-order valence-electron chi connectivity index (χ1n) is 11.1. The number of hydrogen-bond donors (Lipinski definition) is 3. The van der Waals surface area contributed by atoms with Crippen molar-refractivity contribution in [2.75, 3.05) is 19.0 Å². The molecule has 0 aliphatic carbocycles. The van der Waals surface area contributed by atoms with Gasteiger partial charge in [-0.05, 0) is 61.2 Å². The molecular formula is C27H27NO6. The Hall–Kier alpha value is -4.00. The van der Waals surface area contributed by atoms with Gasteiger partial charge in [-0.1, -0.05) is 30.3 Å². The number of phenolic OH excluding ortho intramolecular Hbond substituents is 2. The molecule has 1 aliphatic heterocycles. The van der Waals surface area contributed by atoms with Crippen molar-refractivity contribution in [1.29, 1.82) is 0 Å². The minimum Gasteiger partial charge on any atom is -0.508 e. The van der Waals surface area contributed by atoms with Crippen molar-refractivity contribution in [3.63, 3.8) is 0 Å². The fraction of sp³-hybridized carbons (Fsp3) is 0.259. The molecule has 3 aromatic carbocycles. The molecule has 34 heavy (non-hydrogen) atoms. The van der Waals surface area contributed by atoms with Gasteiger partial charge >= 0.3 is 5.97 Å². The molecule has 0 aromatic heterocycles. The lowest BCUT2D eigenvalue weighted by molar-refractivity contribution is -0.140. The molecule has 0 fully saturated rings. The molecule has 0 radical (unpaired) electrons. The van der Waals surface area contributed by atoms with E-state index < -0.39 is 5.41 Å². The average molecular weight is 462 g/mol. The molecule has 1 amide bonds. The molecule has 0 saturated carbocycles. The van der Waals surface area contributed by atoms with Crippen molar-refractivity contribution in [3.05, 3.63) is 82.9 Å². The molecule has 176 valence electrons. The Balaban J connectivity index is 1.70. The summed E-state index contributed by atoms with van der Waals surface area (Å²) in [4.78, 5) is 24.9. The van der Waals surface area contributed by atoms with E-state index in [0.29, 0.717) is 48.4 Å². The van der Waals surface area contributed by atoms with Gasteiger partial charge < -0.3 is 25.0 Å². The Kier molecular flexibility index (Phi) is 6.45. The molecule has 0 saturated heterocycles. The fourth-order valence-electron chi connectivity index (χ4n) is 4.47. The number of rotatable bonds is 8. The van der Waals surface area contributed by atoms with E-state index in [-0.39, 0.29) is 23.4 Å². The maximum absolute atomic E-state index is 13.7. The molecule has 4 rings (SSSR count). The Morgan fingerprint density at radius 2 is 1.50 bits per heavy atom. The highest BCUT2D eigenvalue weighted by molar-refractivity contribution is 6.12. The second-order valence-electron chi connectivity index (χ2n) is 8.29. The summed E-state index contributed by atoms with van der Waals surface area (Å²) in [7, 11) is 1.37. The number of carbonyl (C=O) groups excluding carboxylic acids is 2. The summed E-state index contributed by atoms with van der Waals surface area (Å²) in [5, 5.41) is 22.7. The molecule has 1 aliphatic rings. The third-order valence-electron chi connectivity index (χ3n) is 6.26. The van der Waals surface area contributed by atoms with Crippen molar-refractivity contribution in [2.24, 2.45) is 0 Å². The highest BCUT2D eigenvalue weighted by Gasteiger charge is 2.50. The lowest BCUT2D eigenvalue weighted by Crippen LogP contribution is -2.36. The molecule has 0 spiro atoms. The zero-order chi connectivity index (χ0) is 24.3. The summed E-state index contributed by atoms with van der Waals surface area (Å²) >= 11 is 0. The number of unbranched alkanes of at least 4 members (excludes halogenated alkanes) is 1. The smallest absolute Gasteiger partial charge is 0.305 e. The van der Waals surface area contributed by atoms with Crippen LogP contribution in [0.4, 0.5) is 5.69 Å². The van der Waals surface area contributed by atoms with E-state index in [1.165, 1.54) is 7.11 Å². The first-order valence-corrected chi connectivity index (χ1v) is 11.1. The molecule has 3 aromatic rings. The summed E-state index contributed by atoms with van der Waals surface area (Å²) in [6, 6.07) is 16.9. The van der Waals surface area contributed by atoms with E-state index >= 15 is 0 Å². The average Bonchev–Trinajstić information content (AvgIpc) is 3.14. The number of aromatic hydroxyl groups is 2. The van der Waals surface area contributed by atoms with E-state index in [1.54, 1.807) is 48.5 Å². The lowest BCUT2D eigenvalue weighted by atomic mass is 9.70. The van der Waals surface area contributed by atoms with Gasteiger partial charge in [-0.25, -0.2) is 0 Å². The summed E-state index contributed by atoms with van der Waals surface area (Å²) in [6.07, 6.45) is 1.71. The standard InChI is InChI=1S/C27H27NO6/c1-17-23(34-16-4-3-5-24(31)33-2)15-14-22-25(17)28-26(32)27(22,18-6-10-20(29)11-7-18)19-8-12-21(30)13-9-19/h6-15,29-30H,3-5,16H2,1-2H3,(H,28,32). The summed E-state index contributed by atoms with van der Waals surface area (Å²) in [6.45, 7) is 2.33. The van der Waals surface area contributed by atoms with Gasteiger partial charge in [-0.2, -0.15) is 0 Å². The number of anilines is 1. The molecule has 1 heterocycles. The van der Waals surface area contributed by atoms with Crippen molar-refractivity contribution in [1.82, 2.24) is 0 Å². The van der Waals surface area contributed by atoms with Crippen LogP contribution in [0.2, 0.25) is 0 Å². The van der Waals surface area contributed by atoms with Gasteiger partial charge in [0.25, 0.3) is 0 Å². The maximum Gasteiger partial charge on any atom is 0.305 e. The number of esters is 1. The van der Waals surface area contributed by atoms with Crippen molar-refractivity contribution < 1.29 is 29.3 Å². The van der Waals surface area contributed by atoms with Crippen LogP contribution in [0.1, 0.15) is 41.5 Å². The van der Waals surface area contributed by atoms with Crippen LogP contribution in [0, 0.1) is 6.92 Å². The second-order valence-corrected chi connectivity index (χ2v) is 8.29. The fourth-order valence-corrected chi connectivity index (χ4v) is 4.47. The highest BCUT2D eigenvalue weighted by atomic mass is 16.5. The number of methoxy groups -OCH3 is 1. The molecule has 7 heteroatoms. The van der Waals surface area contributed by atoms with Gasteiger partial charge in [-0.15, -0.1) is 0 Å². The summed E-state index contributed by atoms with van der Waals surface area (Å²) in [5.41, 5.74) is 2.49. The number of phenols is 2. The van der Waals surface area contributed by atoms with E-state index in [9.17, 15) is 19.8 Å². The number of amides is 1. The number of carbonyl (C=O) groups is 2. The van der Waals surface area contributed by atoms with E-state index in [1.807, 2.05) is 19.1 Å². The number of nitrogens with one attached hydrogen (secondary N) is 1. The lowest BCUT2D eigenvalue weighted by Gasteiger charge is -2.29. The van der Waals surface area contributed by atoms with Crippen molar-refractivity contribution in [3.8, 4) is 17.2 Å². The predicted molar refractivity (Wildman–Crippen MR) is 127 cm³/mol. The Morgan fingerprint density at radius 1 is 0.912 bits per heavy atom. The number of benzene rings is 3. The first kappa shape index (κ1) is 23.2. The van der Waals surface area contributed by atoms with Crippen LogP contribution in [0.15, 0.2) is 60.7 Å². The second kappa shape index (κ2) is 9.47. The quantitative estimate of drug-likeness (QED) is 0.339. The Bertz CT molecular complexity index is 1160. The Labute approximate surface area is 198 Å². The molecule has 3 N–H and O–H groups in total. The van der Waals surface area contributed by atoms with E-state index in [0.717, 1.165) is 11.1 Å². The van der Waals surface area contributed by atoms with Crippen LogP contribution in [0.25, 0.3) is 0 Å². The minimum atomic E-state index is -1.15. The zero-order valence-corrected chi connectivity index (χ0v) is 19.1. The van der Waals surface area contributed by atoms with Crippen molar-refractivity contribution in [2.45, 2.75) is 31.6 Å². The molecule has 7 nitrogen and oxygen atoms in total. The van der Waals surface area contributed by atoms with Gasteiger partial charge in [0.05, 0.1) is 19.4 Å². The SMILES string of the molecule is COC(=O)CCCCOc1ccc2c(c1C)NC(=O)C2(c1ccc(O)cc1)c1ccc(O)cc1. The largest absolute Gasteiger partial charge is 0.508 e. The van der Waals surface area contributed by atoms with Crippen LogP contribution in [-0.2, 0) is 19.7 Å². The van der Waals surface area contributed by atoms with Crippen LogP contribution >= 0.6 is 0 Å². The number of fused-ring (bicyclic) bond motifs is 1. The zero-order valence-electron chi connectivity index (χ0n) is 19.1. The minimum absolute atomic E-state index is 0.107. The highest BCUT2D eigenvalue weighted by Crippen LogP contribution is 2.50. The van der Waals surface area contributed by atoms with Crippen molar-refractivity contribution >= 4 is 17.6 Å². The number of hydrogen-bond acceptors (Lipinski definition) is 6. The Morgan fingerprint density at radius 3 is 2.06 bits per heavy atom. The number of ether oxygens (including phenoxy) is 2. The van der Waals surface area contributed by atoms with Gasteiger partial charge in [-0.3, -0.25) is 9.59 Å². The van der Waals surface area contributed by atoms with Gasteiger partial charge in [0.1, 0.15) is 22.7 Å². The molecule has 0 bridgehead atoms. The summed E-state index contributed by atoms with van der Waals surface area (Å²) < 4.78 is 10.6. The van der Waals surface area contributed by atoms with E-state index in [4.69, 9.17) is 4.74 Å². The maximum atomic E-state index is 13.7. The summed E-state index contributed by atoms with van der Waals surface area (Å²) in [5.74, 6) is 0.406. The van der Waals surface area contributed by atoms with Gasteiger partial charge in [0.15, 0.2) is 0 Å². The third-order valence-corrected chi connectivity index (χ3v) is 6.26. The normalized spacial score (nSPS) is 13.8. The molecule has 0 atom stereocenters. The first-order chi connectivity index (χ1) is 16.4. The van der Waals surface area contributed by atoms with Gasteiger partial charge in [0.2, 0.25) is 5.91 Å².